The fraction of sp³-hybridized carbons (Fsp3) is 0.211. The second-order valence-corrected chi connectivity index (χ2v) is 5.20. The summed E-state index contributed by atoms with van der Waals surface area (Å²) >= 11 is 0. The molecule has 3 rings (SSSR count). The van der Waals surface area contributed by atoms with Crippen LogP contribution in [-0.2, 0) is 4.79 Å². The summed E-state index contributed by atoms with van der Waals surface area (Å²) in [5.41, 5.74) is 6.55. The molecule has 3 aromatic rings. The van der Waals surface area contributed by atoms with Crippen molar-refractivity contribution in [3.63, 3.8) is 0 Å². The second-order valence-electron chi connectivity index (χ2n) is 5.20. The molecule has 1 heterocycles. The normalized spacial score (nSPS) is 11.3. The first kappa shape index (κ1) is 18.2. The van der Waals surface area contributed by atoms with Gasteiger partial charge in [-0.1, -0.05) is 38.1 Å². The third-order valence-electron chi connectivity index (χ3n) is 3.53. The highest BCUT2D eigenvalue weighted by molar-refractivity contribution is 5.93. The molecular formula is C19H22N4O2. The number of carbonyl (C=O) groups is 1. The summed E-state index contributed by atoms with van der Waals surface area (Å²) in [4.78, 5) is 20.3. The quantitative estimate of drug-likeness (QED) is 0.677. The number of carbonyl (C=O) groups excluding carboxylic acids is 1. The molecule has 4 N–H and O–H groups in total. The zero-order chi connectivity index (χ0) is 18.4. The van der Waals surface area contributed by atoms with Gasteiger partial charge in [-0.25, -0.2) is 9.97 Å². The molecular weight excluding hydrogens is 316 g/mol. The molecule has 0 aliphatic heterocycles. The maximum absolute atomic E-state index is 11.3. The number of rotatable bonds is 4. The van der Waals surface area contributed by atoms with Crippen molar-refractivity contribution in [2.45, 2.75) is 26.8 Å². The minimum absolute atomic E-state index is 0.0941. The summed E-state index contributed by atoms with van der Waals surface area (Å²) in [6.07, 6.45) is 0. The highest BCUT2D eigenvalue weighted by Crippen LogP contribution is 2.30. The number of nitrogens with one attached hydrogen (secondary N) is 1. The second kappa shape index (κ2) is 8.10. The number of para-hydroxylation sites is 2. The molecule has 0 radical (unpaired) electrons. The average molecular weight is 338 g/mol. The van der Waals surface area contributed by atoms with Gasteiger partial charge in [0.15, 0.2) is 5.82 Å². The number of aromatic nitrogens is 2. The molecule has 2 aromatic carbocycles. The Morgan fingerprint density at radius 1 is 1.08 bits per heavy atom. The van der Waals surface area contributed by atoms with Crippen LogP contribution in [0.3, 0.4) is 0 Å². The summed E-state index contributed by atoms with van der Waals surface area (Å²) in [5.74, 6) is 0.495. The number of benzene rings is 2. The van der Waals surface area contributed by atoms with Crippen molar-refractivity contribution in [1.29, 1.82) is 0 Å². The van der Waals surface area contributed by atoms with Crippen molar-refractivity contribution in [1.82, 2.24) is 9.97 Å². The van der Waals surface area contributed by atoms with E-state index >= 15 is 0 Å². The lowest BCUT2D eigenvalue weighted by Gasteiger charge is -2.14. The van der Waals surface area contributed by atoms with Crippen LogP contribution < -0.4 is 11.1 Å². The highest BCUT2D eigenvalue weighted by atomic mass is 16.3. The van der Waals surface area contributed by atoms with Crippen LogP contribution in [0, 0.1) is 0 Å². The van der Waals surface area contributed by atoms with Gasteiger partial charge in [0.2, 0.25) is 5.91 Å². The molecule has 0 saturated heterocycles. The van der Waals surface area contributed by atoms with Gasteiger partial charge in [0.05, 0.1) is 11.1 Å². The molecule has 0 saturated carbocycles. The monoisotopic (exact) mass is 338 g/mol. The molecule has 25 heavy (non-hydrogen) atoms. The maximum atomic E-state index is 11.3. The number of amides is 1. The minimum Gasteiger partial charge on any atom is -0.507 e. The maximum Gasteiger partial charge on any atom is 0.239 e. The summed E-state index contributed by atoms with van der Waals surface area (Å²) in [6, 6.07) is 13.7. The van der Waals surface area contributed by atoms with Crippen molar-refractivity contribution in [3.8, 4) is 17.1 Å². The summed E-state index contributed by atoms with van der Waals surface area (Å²) in [6.45, 7) is 5.67. The molecule has 0 bridgehead atoms. The molecule has 0 fully saturated rings. The molecule has 0 aliphatic rings. The number of phenolic OH excluding ortho intramolecular Hbond substituents is 1. The predicted octanol–water partition coefficient (Wildman–Crippen LogP) is 3.31. The molecule has 0 unspecified atom stereocenters. The zero-order valence-corrected chi connectivity index (χ0v) is 14.5. The van der Waals surface area contributed by atoms with Crippen LogP contribution in [0.4, 0.5) is 5.82 Å². The Labute approximate surface area is 146 Å². The van der Waals surface area contributed by atoms with E-state index in [4.69, 9.17) is 5.73 Å². The van der Waals surface area contributed by atoms with Gasteiger partial charge in [-0.3, -0.25) is 4.79 Å². The third kappa shape index (κ3) is 4.03. The van der Waals surface area contributed by atoms with Crippen LogP contribution in [0.1, 0.15) is 20.8 Å². The standard InChI is InChI=1S/C17H16N4O2.C2H6/c1-10(15(18)23)19-16-11-6-2-4-8-13(11)20-17(21-16)12-7-3-5-9-14(12)22;1-2/h2-10,22H,1H3,(H2,18,23)(H,19,20,21);1-2H3/t10-;/m0./s1. The van der Waals surface area contributed by atoms with E-state index in [0.717, 1.165) is 5.39 Å². The SMILES string of the molecule is CC.C[C@H](Nc1nc(-c2ccccc2O)nc2ccccc12)C(N)=O. The molecule has 1 aromatic heterocycles. The van der Waals surface area contributed by atoms with Crippen molar-refractivity contribution in [2.24, 2.45) is 5.73 Å². The van der Waals surface area contributed by atoms with Crippen molar-refractivity contribution in [3.05, 3.63) is 48.5 Å². The number of phenols is 1. The largest absolute Gasteiger partial charge is 0.507 e. The number of aromatic hydroxyl groups is 1. The van der Waals surface area contributed by atoms with E-state index in [0.29, 0.717) is 22.7 Å². The Hall–Kier alpha value is -3.15. The fourth-order valence-corrected chi connectivity index (χ4v) is 2.25. The van der Waals surface area contributed by atoms with E-state index in [9.17, 15) is 9.90 Å². The minimum atomic E-state index is -0.578. The first-order valence-corrected chi connectivity index (χ1v) is 8.17. The summed E-state index contributed by atoms with van der Waals surface area (Å²) in [7, 11) is 0. The number of nitrogens with two attached hydrogens (primary N) is 1. The Kier molecular flexibility index (Phi) is 5.89. The Bertz CT molecular complexity index is 880. The number of hydrogen-bond donors (Lipinski definition) is 3. The Morgan fingerprint density at radius 3 is 2.40 bits per heavy atom. The van der Waals surface area contributed by atoms with Crippen molar-refractivity contribution in [2.75, 3.05) is 5.32 Å². The smallest absolute Gasteiger partial charge is 0.239 e. The first-order valence-electron chi connectivity index (χ1n) is 8.17. The van der Waals surface area contributed by atoms with E-state index in [2.05, 4.69) is 15.3 Å². The molecule has 0 spiro atoms. The van der Waals surface area contributed by atoms with Gasteiger partial charge in [-0.05, 0) is 31.2 Å². The fourth-order valence-electron chi connectivity index (χ4n) is 2.25. The number of anilines is 1. The number of nitrogens with zero attached hydrogens (tertiary/aromatic N) is 2. The Balaban J connectivity index is 0.00000109. The van der Waals surface area contributed by atoms with Crippen LogP contribution in [-0.4, -0.2) is 27.0 Å². The van der Waals surface area contributed by atoms with E-state index in [1.165, 1.54) is 0 Å². The van der Waals surface area contributed by atoms with Gasteiger partial charge >= 0.3 is 0 Å². The predicted molar refractivity (Wildman–Crippen MR) is 100 cm³/mol. The molecule has 0 aliphatic carbocycles. The Morgan fingerprint density at radius 2 is 1.72 bits per heavy atom. The lowest BCUT2D eigenvalue weighted by Crippen LogP contribution is -2.32. The molecule has 130 valence electrons. The van der Waals surface area contributed by atoms with Gasteiger partial charge in [0.25, 0.3) is 0 Å². The van der Waals surface area contributed by atoms with Gasteiger partial charge in [-0.15, -0.1) is 0 Å². The van der Waals surface area contributed by atoms with Gasteiger partial charge in [0.1, 0.15) is 17.6 Å². The van der Waals surface area contributed by atoms with Crippen molar-refractivity contribution >= 4 is 22.6 Å². The zero-order valence-electron chi connectivity index (χ0n) is 14.5. The van der Waals surface area contributed by atoms with Crippen molar-refractivity contribution < 1.29 is 9.90 Å². The summed E-state index contributed by atoms with van der Waals surface area (Å²) < 4.78 is 0. The number of primary amides is 1. The third-order valence-corrected chi connectivity index (χ3v) is 3.53. The molecule has 6 heteroatoms. The molecule has 6 nitrogen and oxygen atoms in total. The van der Waals surface area contributed by atoms with Crippen LogP contribution in [0.2, 0.25) is 0 Å². The van der Waals surface area contributed by atoms with E-state index in [1.54, 1.807) is 31.2 Å². The van der Waals surface area contributed by atoms with Gasteiger partial charge < -0.3 is 16.2 Å². The number of fused-ring (bicyclic) bond motifs is 1. The molecule has 1 amide bonds. The number of hydrogen-bond acceptors (Lipinski definition) is 5. The lowest BCUT2D eigenvalue weighted by atomic mass is 10.1. The van der Waals surface area contributed by atoms with Crippen LogP contribution in [0.15, 0.2) is 48.5 Å². The van der Waals surface area contributed by atoms with E-state index in [-0.39, 0.29) is 5.75 Å². The topological polar surface area (TPSA) is 101 Å². The highest BCUT2D eigenvalue weighted by Gasteiger charge is 2.15. The van der Waals surface area contributed by atoms with E-state index in [1.807, 2.05) is 38.1 Å². The van der Waals surface area contributed by atoms with E-state index < -0.39 is 11.9 Å². The molecule has 1 atom stereocenters. The van der Waals surface area contributed by atoms with Crippen LogP contribution in [0.25, 0.3) is 22.3 Å². The van der Waals surface area contributed by atoms with Gasteiger partial charge in [-0.2, -0.15) is 0 Å². The van der Waals surface area contributed by atoms with Crippen LogP contribution in [0.5, 0.6) is 5.75 Å². The van der Waals surface area contributed by atoms with Gasteiger partial charge in [0, 0.05) is 5.39 Å². The summed E-state index contributed by atoms with van der Waals surface area (Å²) in [5, 5.41) is 13.8. The average Bonchev–Trinajstić information content (AvgIpc) is 2.63. The first-order chi connectivity index (χ1) is 12.1. The van der Waals surface area contributed by atoms with Crippen LogP contribution >= 0.6 is 0 Å². The lowest BCUT2D eigenvalue weighted by molar-refractivity contribution is -0.118.